The number of carbonyl (C=O) groups is 1. The number of thiophene rings is 1. The second kappa shape index (κ2) is 6.20. The number of aryl methyl sites for hydroxylation is 1. The fourth-order valence-corrected chi connectivity index (χ4v) is 3.89. The molecule has 0 radical (unpaired) electrons. The Morgan fingerprint density at radius 3 is 2.61 bits per heavy atom. The van der Waals surface area contributed by atoms with Crippen molar-refractivity contribution in [2.75, 3.05) is 13.6 Å². The van der Waals surface area contributed by atoms with Crippen molar-refractivity contribution >= 4 is 27.5 Å². The summed E-state index contributed by atoms with van der Waals surface area (Å²) in [5, 5.41) is 0. The molecule has 0 N–H and O–H groups in total. The van der Waals surface area contributed by atoms with Crippen molar-refractivity contribution in [3.63, 3.8) is 0 Å². The molecule has 2 aromatic heterocycles. The zero-order valence-corrected chi connectivity index (χ0v) is 14.9. The maximum absolute atomic E-state index is 12.8. The summed E-state index contributed by atoms with van der Waals surface area (Å²) in [5.74, 6) is 0.0799. The summed E-state index contributed by atoms with van der Waals surface area (Å²) in [5.41, 5.74) is 3.13. The summed E-state index contributed by atoms with van der Waals surface area (Å²) >= 11 is 1.74. The Kier molecular flexibility index (Phi) is 4.26. The van der Waals surface area contributed by atoms with Crippen LogP contribution in [0.5, 0.6) is 0 Å². The molecule has 0 bridgehead atoms. The average Bonchev–Trinajstić information content (AvgIpc) is 3.09. The minimum Gasteiger partial charge on any atom is -0.341 e. The summed E-state index contributed by atoms with van der Waals surface area (Å²) in [6.07, 6.45) is 0. The van der Waals surface area contributed by atoms with Gasteiger partial charge in [-0.1, -0.05) is 30.3 Å². The van der Waals surface area contributed by atoms with Gasteiger partial charge in [-0.2, -0.15) is 0 Å². The molecule has 0 aliphatic heterocycles. The van der Waals surface area contributed by atoms with Crippen molar-refractivity contribution in [1.82, 2.24) is 9.47 Å². The van der Waals surface area contributed by atoms with Crippen LogP contribution in [0.3, 0.4) is 0 Å². The van der Waals surface area contributed by atoms with Gasteiger partial charge in [0.15, 0.2) is 0 Å². The van der Waals surface area contributed by atoms with Gasteiger partial charge in [-0.05, 0) is 38.5 Å². The summed E-state index contributed by atoms with van der Waals surface area (Å²) in [6, 6.07) is 14.7. The summed E-state index contributed by atoms with van der Waals surface area (Å²) in [4.78, 5) is 15.8. The topological polar surface area (TPSA) is 25.2 Å². The van der Waals surface area contributed by atoms with Gasteiger partial charge in [0.1, 0.15) is 5.69 Å². The van der Waals surface area contributed by atoms with Gasteiger partial charge < -0.3 is 9.47 Å². The van der Waals surface area contributed by atoms with Crippen LogP contribution < -0.4 is 0 Å². The van der Waals surface area contributed by atoms with Crippen LogP contribution in [-0.2, 0) is 0 Å². The minimum absolute atomic E-state index is 0.0799. The predicted molar refractivity (Wildman–Crippen MR) is 97.4 cm³/mol. The van der Waals surface area contributed by atoms with E-state index in [0.29, 0.717) is 6.54 Å². The van der Waals surface area contributed by atoms with E-state index in [1.165, 1.54) is 15.1 Å². The lowest BCUT2D eigenvalue weighted by Crippen LogP contribution is -2.29. The molecule has 0 aliphatic rings. The van der Waals surface area contributed by atoms with E-state index in [1.54, 1.807) is 16.2 Å². The smallest absolute Gasteiger partial charge is 0.270 e. The Morgan fingerprint density at radius 1 is 1.26 bits per heavy atom. The van der Waals surface area contributed by atoms with E-state index < -0.39 is 0 Å². The number of hydrogen-bond donors (Lipinski definition) is 0. The Hall–Kier alpha value is -2.07. The lowest BCUT2D eigenvalue weighted by atomic mass is 10.1. The molecule has 0 fully saturated rings. The van der Waals surface area contributed by atoms with Crippen LogP contribution in [-0.4, -0.2) is 29.0 Å². The van der Waals surface area contributed by atoms with E-state index in [-0.39, 0.29) is 11.9 Å². The van der Waals surface area contributed by atoms with Gasteiger partial charge >= 0.3 is 0 Å². The molecule has 1 amide bonds. The molecule has 120 valence electrons. The molecular formula is C19H22N2OS. The van der Waals surface area contributed by atoms with Crippen molar-refractivity contribution in [3.8, 4) is 0 Å². The Labute approximate surface area is 141 Å². The highest BCUT2D eigenvalue weighted by atomic mass is 32.1. The first kappa shape index (κ1) is 15.8. The third-order valence-corrected chi connectivity index (χ3v) is 5.35. The van der Waals surface area contributed by atoms with E-state index in [0.717, 1.165) is 11.2 Å². The van der Waals surface area contributed by atoms with Crippen LogP contribution in [0.4, 0.5) is 0 Å². The molecule has 0 unspecified atom stereocenters. The first-order valence-corrected chi connectivity index (χ1v) is 8.76. The normalized spacial score (nSPS) is 12.5. The molecule has 4 heteroatoms. The van der Waals surface area contributed by atoms with E-state index in [9.17, 15) is 4.79 Å². The number of hydrogen-bond acceptors (Lipinski definition) is 2. The van der Waals surface area contributed by atoms with Crippen LogP contribution in [0, 0.1) is 6.92 Å². The molecule has 0 saturated heterocycles. The van der Waals surface area contributed by atoms with E-state index in [4.69, 9.17) is 0 Å². The fourth-order valence-electron chi connectivity index (χ4n) is 2.94. The molecule has 0 spiro atoms. The van der Waals surface area contributed by atoms with Crippen molar-refractivity contribution in [3.05, 3.63) is 58.6 Å². The minimum atomic E-state index is 0.0799. The lowest BCUT2D eigenvalue weighted by molar-refractivity contribution is 0.0791. The van der Waals surface area contributed by atoms with Gasteiger partial charge in [-0.25, -0.2) is 0 Å². The predicted octanol–water partition coefficient (Wildman–Crippen LogP) is 4.71. The summed E-state index contributed by atoms with van der Waals surface area (Å²) < 4.78 is 3.36. The summed E-state index contributed by atoms with van der Waals surface area (Å²) in [7, 11) is 1.85. The van der Waals surface area contributed by atoms with Crippen LogP contribution in [0.25, 0.3) is 10.2 Å². The third-order valence-electron chi connectivity index (χ3n) is 4.36. The van der Waals surface area contributed by atoms with Gasteiger partial charge in [-0.3, -0.25) is 4.79 Å². The van der Waals surface area contributed by atoms with Crippen LogP contribution in [0.15, 0.2) is 42.5 Å². The fraction of sp³-hybridized carbons (Fsp3) is 0.316. The average molecular weight is 326 g/mol. The van der Waals surface area contributed by atoms with Gasteiger partial charge in [0.25, 0.3) is 5.91 Å². The molecule has 0 aliphatic carbocycles. The van der Waals surface area contributed by atoms with Crippen molar-refractivity contribution in [1.29, 1.82) is 0 Å². The maximum Gasteiger partial charge on any atom is 0.270 e. The summed E-state index contributed by atoms with van der Waals surface area (Å²) in [6.45, 7) is 6.97. The highest BCUT2D eigenvalue weighted by Crippen LogP contribution is 2.33. The second-order valence-corrected chi connectivity index (χ2v) is 7.20. The highest BCUT2D eigenvalue weighted by molar-refractivity contribution is 7.19. The Bertz CT molecular complexity index is 832. The first-order chi connectivity index (χ1) is 11.0. The van der Waals surface area contributed by atoms with Crippen molar-refractivity contribution in [2.45, 2.75) is 26.8 Å². The van der Waals surface area contributed by atoms with Crippen LogP contribution in [0.2, 0.25) is 0 Å². The number of benzene rings is 1. The largest absolute Gasteiger partial charge is 0.341 e. The highest BCUT2D eigenvalue weighted by Gasteiger charge is 2.23. The van der Waals surface area contributed by atoms with E-state index in [1.807, 2.05) is 38.2 Å². The SMILES string of the molecule is CCN(C)C(=O)c1cc2sc(C)cc2n1[C@H](C)c1ccccc1. The molecule has 1 aromatic carbocycles. The zero-order chi connectivity index (χ0) is 16.6. The molecule has 23 heavy (non-hydrogen) atoms. The monoisotopic (exact) mass is 326 g/mol. The lowest BCUT2D eigenvalue weighted by Gasteiger charge is -2.21. The van der Waals surface area contributed by atoms with Gasteiger partial charge in [0, 0.05) is 18.5 Å². The van der Waals surface area contributed by atoms with E-state index >= 15 is 0 Å². The number of nitrogens with zero attached hydrogens (tertiary/aromatic N) is 2. The number of rotatable bonds is 4. The Balaban J connectivity index is 2.17. The first-order valence-electron chi connectivity index (χ1n) is 7.94. The molecule has 0 saturated carbocycles. The standard InChI is InChI=1S/C19H22N2OS/c1-5-20(4)19(22)17-12-18-16(11-13(2)23-18)21(17)14(3)15-9-7-6-8-10-15/h6-12,14H,5H2,1-4H3/t14-/m1/s1. The van der Waals surface area contributed by atoms with E-state index in [2.05, 4.69) is 36.6 Å². The van der Waals surface area contributed by atoms with Crippen molar-refractivity contribution in [2.24, 2.45) is 0 Å². The second-order valence-electron chi connectivity index (χ2n) is 5.91. The van der Waals surface area contributed by atoms with Gasteiger partial charge in [0.05, 0.1) is 16.3 Å². The number of carbonyl (C=O) groups excluding carboxylic acids is 1. The zero-order valence-electron chi connectivity index (χ0n) is 14.0. The van der Waals surface area contributed by atoms with Gasteiger partial charge in [-0.15, -0.1) is 11.3 Å². The molecule has 1 atom stereocenters. The molecule has 3 nitrogen and oxygen atoms in total. The van der Waals surface area contributed by atoms with Crippen LogP contribution >= 0.6 is 11.3 Å². The van der Waals surface area contributed by atoms with Crippen molar-refractivity contribution < 1.29 is 4.79 Å². The molecule has 3 aromatic rings. The van der Waals surface area contributed by atoms with Crippen LogP contribution in [0.1, 0.15) is 40.8 Å². The molecular weight excluding hydrogens is 304 g/mol. The molecule has 2 heterocycles. The number of fused-ring (bicyclic) bond motifs is 1. The third kappa shape index (κ3) is 2.79. The quantitative estimate of drug-likeness (QED) is 0.681. The number of amides is 1. The molecule has 3 rings (SSSR count). The van der Waals surface area contributed by atoms with Gasteiger partial charge in [0.2, 0.25) is 0 Å². The maximum atomic E-state index is 12.8. The number of aromatic nitrogens is 1. The Morgan fingerprint density at radius 2 is 1.96 bits per heavy atom.